The zero-order valence-corrected chi connectivity index (χ0v) is 17.7. The minimum atomic E-state index is -0.302. The van der Waals surface area contributed by atoms with E-state index in [-0.39, 0.29) is 24.5 Å². The van der Waals surface area contributed by atoms with E-state index < -0.39 is 0 Å². The number of nitrogens with zero attached hydrogens (tertiary/aromatic N) is 1. The molecule has 3 rings (SSSR count). The first-order valence-corrected chi connectivity index (χ1v) is 10.0. The average molecular weight is 420 g/mol. The smallest absolute Gasteiger partial charge is 0.338 e. The predicted molar refractivity (Wildman–Crippen MR) is 116 cm³/mol. The molecule has 1 saturated heterocycles. The second-order valence-corrected chi connectivity index (χ2v) is 6.95. The molecule has 0 aliphatic carbocycles. The lowest BCUT2D eigenvalue weighted by atomic mass is 10.1. The minimum absolute atomic E-state index is 0. The van der Waals surface area contributed by atoms with Gasteiger partial charge in [-0.1, -0.05) is 30.3 Å². The van der Waals surface area contributed by atoms with Crippen molar-refractivity contribution in [3.63, 3.8) is 0 Å². The lowest BCUT2D eigenvalue weighted by molar-refractivity contribution is -0.0367. The fraction of sp³-hybridized carbons (Fsp3) is 0.435. The monoisotopic (exact) mass is 419 g/mol. The minimum Gasteiger partial charge on any atom is -0.494 e. The summed E-state index contributed by atoms with van der Waals surface area (Å²) in [6, 6.07) is 17.7. The van der Waals surface area contributed by atoms with Gasteiger partial charge >= 0.3 is 5.97 Å². The Bertz CT molecular complexity index is 723. The van der Waals surface area contributed by atoms with Gasteiger partial charge in [0.25, 0.3) is 0 Å². The van der Waals surface area contributed by atoms with Gasteiger partial charge < -0.3 is 14.2 Å². The molecule has 0 amide bonds. The van der Waals surface area contributed by atoms with Crippen molar-refractivity contribution in [3.8, 4) is 5.75 Å². The molecular formula is C23H30ClNO4. The van der Waals surface area contributed by atoms with Crippen molar-refractivity contribution in [2.24, 2.45) is 0 Å². The molecule has 0 radical (unpaired) electrons. The Labute approximate surface area is 179 Å². The number of benzene rings is 2. The standard InChI is InChI=1S/C23H29NO4.ClH/c1-2-26-23(25)20-10-12-21(13-11-20)27-15-6-9-22-18-24(14-16-28-22)17-19-7-4-3-5-8-19;/h3-5,7-8,10-13,22H,2,6,9,14-18H2,1H3;1H. The van der Waals surface area contributed by atoms with Crippen molar-refractivity contribution in [1.29, 1.82) is 0 Å². The van der Waals surface area contributed by atoms with Crippen LogP contribution in [0.25, 0.3) is 0 Å². The Morgan fingerprint density at radius 3 is 2.62 bits per heavy atom. The summed E-state index contributed by atoms with van der Waals surface area (Å²) in [6.07, 6.45) is 2.17. The van der Waals surface area contributed by atoms with E-state index in [9.17, 15) is 4.79 Å². The van der Waals surface area contributed by atoms with Crippen LogP contribution in [0, 0.1) is 0 Å². The number of morpholine rings is 1. The number of hydrogen-bond donors (Lipinski definition) is 0. The van der Waals surface area contributed by atoms with Crippen molar-refractivity contribution in [2.75, 3.05) is 32.9 Å². The highest BCUT2D eigenvalue weighted by molar-refractivity contribution is 5.89. The quantitative estimate of drug-likeness (QED) is 0.447. The Morgan fingerprint density at radius 1 is 1.14 bits per heavy atom. The topological polar surface area (TPSA) is 48.0 Å². The van der Waals surface area contributed by atoms with E-state index in [0.717, 1.165) is 44.8 Å². The third-order valence-corrected chi connectivity index (χ3v) is 4.78. The molecular weight excluding hydrogens is 390 g/mol. The molecule has 2 aromatic rings. The van der Waals surface area contributed by atoms with E-state index >= 15 is 0 Å². The molecule has 1 aliphatic heterocycles. The van der Waals surface area contributed by atoms with Gasteiger partial charge in [-0.25, -0.2) is 4.79 Å². The first-order valence-electron chi connectivity index (χ1n) is 10.0. The number of halogens is 1. The molecule has 0 saturated carbocycles. The maximum atomic E-state index is 11.7. The third-order valence-electron chi connectivity index (χ3n) is 4.78. The van der Waals surface area contributed by atoms with Gasteiger partial charge in [-0.05, 0) is 49.6 Å². The van der Waals surface area contributed by atoms with Gasteiger partial charge in [-0.3, -0.25) is 4.90 Å². The van der Waals surface area contributed by atoms with E-state index in [1.807, 2.05) is 12.1 Å². The fourth-order valence-electron chi connectivity index (χ4n) is 3.34. The van der Waals surface area contributed by atoms with E-state index in [1.54, 1.807) is 19.1 Å². The predicted octanol–water partition coefficient (Wildman–Crippen LogP) is 4.35. The molecule has 0 N–H and O–H groups in total. The molecule has 29 heavy (non-hydrogen) atoms. The van der Waals surface area contributed by atoms with Crippen molar-refractivity contribution in [1.82, 2.24) is 4.90 Å². The summed E-state index contributed by atoms with van der Waals surface area (Å²) in [5.41, 5.74) is 1.89. The van der Waals surface area contributed by atoms with E-state index in [0.29, 0.717) is 18.8 Å². The van der Waals surface area contributed by atoms with Gasteiger partial charge in [0.15, 0.2) is 0 Å². The van der Waals surface area contributed by atoms with Crippen molar-refractivity contribution in [2.45, 2.75) is 32.4 Å². The molecule has 2 aromatic carbocycles. The number of carbonyl (C=O) groups excluding carboxylic acids is 1. The highest BCUT2D eigenvalue weighted by atomic mass is 35.5. The van der Waals surface area contributed by atoms with E-state index in [1.165, 1.54) is 5.56 Å². The molecule has 6 heteroatoms. The SMILES string of the molecule is CCOC(=O)c1ccc(OCCCC2CN(Cc3ccccc3)CCO2)cc1.Cl. The van der Waals surface area contributed by atoms with Crippen LogP contribution in [0.5, 0.6) is 5.75 Å². The van der Waals surface area contributed by atoms with Gasteiger partial charge in [-0.15, -0.1) is 12.4 Å². The Morgan fingerprint density at radius 2 is 1.90 bits per heavy atom. The van der Waals surface area contributed by atoms with Crippen LogP contribution < -0.4 is 4.74 Å². The largest absolute Gasteiger partial charge is 0.494 e. The van der Waals surface area contributed by atoms with Crippen molar-refractivity contribution < 1.29 is 19.0 Å². The van der Waals surface area contributed by atoms with Crippen LogP contribution in [0.2, 0.25) is 0 Å². The number of hydrogen-bond acceptors (Lipinski definition) is 5. The lowest BCUT2D eigenvalue weighted by Crippen LogP contribution is -2.42. The molecule has 5 nitrogen and oxygen atoms in total. The Kier molecular flexibility index (Phi) is 9.98. The fourth-order valence-corrected chi connectivity index (χ4v) is 3.34. The summed E-state index contributed by atoms with van der Waals surface area (Å²) >= 11 is 0. The highest BCUT2D eigenvalue weighted by Crippen LogP contribution is 2.16. The molecule has 0 bridgehead atoms. The highest BCUT2D eigenvalue weighted by Gasteiger charge is 2.20. The number of ether oxygens (including phenoxy) is 3. The van der Waals surface area contributed by atoms with Gasteiger partial charge in [0, 0.05) is 19.6 Å². The van der Waals surface area contributed by atoms with Gasteiger partial charge in [0.1, 0.15) is 5.75 Å². The summed E-state index contributed by atoms with van der Waals surface area (Å²) < 4.78 is 16.7. The molecule has 1 unspecified atom stereocenters. The van der Waals surface area contributed by atoms with Crippen LogP contribution in [-0.4, -0.2) is 49.9 Å². The zero-order valence-electron chi connectivity index (χ0n) is 16.9. The molecule has 0 aromatic heterocycles. The second kappa shape index (κ2) is 12.5. The Balaban J connectivity index is 0.00000300. The molecule has 1 atom stereocenters. The van der Waals surface area contributed by atoms with Gasteiger partial charge in [0.05, 0.1) is 31.5 Å². The van der Waals surface area contributed by atoms with Crippen LogP contribution >= 0.6 is 12.4 Å². The first kappa shape index (κ1) is 23.2. The first-order chi connectivity index (χ1) is 13.7. The van der Waals surface area contributed by atoms with Crippen LogP contribution in [0.1, 0.15) is 35.7 Å². The molecule has 1 heterocycles. The Hall–Kier alpha value is -2.08. The number of carbonyl (C=O) groups is 1. The van der Waals surface area contributed by atoms with Crippen molar-refractivity contribution in [3.05, 3.63) is 65.7 Å². The van der Waals surface area contributed by atoms with E-state index in [2.05, 4.69) is 35.2 Å². The summed E-state index contributed by atoms with van der Waals surface area (Å²) in [5, 5.41) is 0. The van der Waals surface area contributed by atoms with E-state index in [4.69, 9.17) is 14.2 Å². The number of esters is 1. The summed E-state index contributed by atoms with van der Waals surface area (Å²) in [5.74, 6) is 0.465. The van der Waals surface area contributed by atoms with Crippen LogP contribution in [-0.2, 0) is 16.0 Å². The maximum absolute atomic E-state index is 11.7. The molecule has 1 fully saturated rings. The van der Waals surface area contributed by atoms with Crippen LogP contribution in [0.4, 0.5) is 0 Å². The maximum Gasteiger partial charge on any atom is 0.338 e. The zero-order chi connectivity index (χ0) is 19.6. The van der Waals surface area contributed by atoms with Crippen LogP contribution in [0.3, 0.4) is 0 Å². The van der Waals surface area contributed by atoms with Crippen molar-refractivity contribution >= 4 is 18.4 Å². The summed E-state index contributed by atoms with van der Waals surface area (Å²) in [4.78, 5) is 14.1. The summed E-state index contributed by atoms with van der Waals surface area (Å²) in [7, 11) is 0. The number of rotatable bonds is 9. The van der Waals surface area contributed by atoms with Gasteiger partial charge in [-0.2, -0.15) is 0 Å². The molecule has 0 spiro atoms. The molecule has 158 valence electrons. The van der Waals surface area contributed by atoms with Crippen LogP contribution in [0.15, 0.2) is 54.6 Å². The second-order valence-electron chi connectivity index (χ2n) is 6.95. The molecule has 1 aliphatic rings. The van der Waals surface area contributed by atoms with Gasteiger partial charge in [0.2, 0.25) is 0 Å². The lowest BCUT2D eigenvalue weighted by Gasteiger charge is -2.33. The third kappa shape index (κ3) is 7.69. The normalized spacial score (nSPS) is 16.7. The average Bonchev–Trinajstić information content (AvgIpc) is 2.73. The summed E-state index contributed by atoms with van der Waals surface area (Å²) in [6.45, 7) is 6.52.